The van der Waals surface area contributed by atoms with Gasteiger partial charge in [0.05, 0.1) is 12.6 Å². The molecule has 6 aromatic rings. The van der Waals surface area contributed by atoms with Gasteiger partial charge in [-0.2, -0.15) is 13.9 Å². The fraction of sp³-hybridized carbons (Fsp3) is 0.242. The average Bonchev–Trinajstić information content (AvgIpc) is 3.52. The van der Waals surface area contributed by atoms with Gasteiger partial charge in [0.1, 0.15) is 35.3 Å². The number of aromatic nitrogens is 4. The monoisotopic (exact) mass is 615 g/mol. The number of methoxy groups -OCH3 is 1. The fourth-order valence-corrected chi connectivity index (χ4v) is 5.78. The van der Waals surface area contributed by atoms with E-state index in [9.17, 15) is 8.78 Å². The van der Waals surface area contributed by atoms with Gasteiger partial charge in [0.25, 0.3) is 0 Å². The van der Waals surface area contributed by atoms with Crippen molar-refractivity contribution in [2.75, 3.05) is 19.5 Å². The van der Waals surface area contributed by atoms with Crippen LogP contribution in [0.15, 0.2) is 67.0 Å². The molecule has 1 saturated heterocycles. The molecule has 4 heterocycles. The summed E-state index contributed by atoms with van der Waals surface area (Å²) in [5, 5.41) is 5.85. The first-order valence-corrected chi connectivity index (χ1v) is 14.4. The van der Waals surface area contributed by atoms with E-state index in [0.29, 0.717) is 45.2 Å². The number of nitrogens with two attached hydrogens (primary N) is 1. The van der Waals surface area contributed by atoms with Crippen LogP contribution in [0, 0.1) is 5.82 Å². The molecule has 1 atom stereocenters. The Kier molecular flexibility index (Phi) is 7.50. The highest BCUT2D eigenvalue weighted by Crippen LogP contribution is 2.45. The molecule has 0 bridgehead atoms. The summed E-state index contributed by atoms with van der Waals surface area (Å²) in [7, 11) is 1.59. The number of ether oxygens (including phenoxy) is 4. The van der Waals surface area contributed by atoms with Crippen molar-refractivity contribution >= 4 is 38.4 Å². The SMILES string of the molecule is COc1ccc(COc2nc3c(cc(OC(F)F)c4ncccc43)c(-c3ccc(F)c4nn(C5CCCCO5)cc34)c2N)cc1. The fourth-order valence-electron chi connectivity index (χ4n) is 5.78. The van der Waals surface area contributed by atoms with E-state index in [4.69, 9.17) is 29.7 Å². The van der Waals surface area contributed by atoms with Crippen molar-refractivity contribution in [2.45, 2.75) is 38.7 Å². The molecule has 230 valence electrons. The summed E-state index contributed by atoms with van der Waals surface area (Å²) in [5.74, 6) is 0.144. The van der Waals surface area contributed by atoms with Crippen LogP contribution in [-0.2, 0) is 11.3 Å². The van der Waals surface area contributed by atoms with Crippen LogP contribution in [0.5, 0.6) is 17.4 Å². The molecule has 3 aromatic heterocycles. The van der Waals surface area contributed by atoms with Gasteiger partial charge in [0.2, 0.25) is 5.88 Å². The number of nitrogen functional groups attached to an aromatic ring is 1. The van der Waals surface area contributed by atoms with Gasteiger partial charge in [-0.25, -0.2) is 14.1 Å². The third-order valence-electron chi connectivity index (χ3n) is 7.92. The Bertz CT molecular complexity index is 2030. The summed E-state index contributed by atoms with van der Waals surface area (Å²) in [6, 6.07) is 15.1. The minimum atomic E-state index is -3.10. The van der Waals surface area contributed by atoms with E-state index in [1.807, 2.05) is 24.3 Å². The quantitative estimate of drug-likeness (QED) is 0.177. The number of hydrogen-bond acceptors (Lipinski definition) is 8. The zero-order chi connectivity index (χ0) is 31.1. The van der Waals surface area contributed by atoms with E-state index < -0.39 is 12.4 Å². The maximum atomic E-state index is 15.2. The van der Waals surface area contributed by atoms with Gasteiger partial charge in [0, 0.05) is 40.7 Å². The molecule has 0 aliphatic carbocycles. The summed E-state index contributed by atoms with van der Waals surface area (Å²) in [6.45, 7) is -2.38. The van der Waals surface area contributed by atoms with Crippen LogP contribution < -0.4 is 19.9 Å². The number of nitrogens with zero attached hydrogens (tertiary/aromatic N) is 4. The third kappa shape index (κ3) is 5.31. The number of hydrogen-bond donors (Lipinski definition) is 1. The molecular formula is C33H28F3N5O4. The van der Waals surface area contributed by atoms with Crippen molar-refractivity contribution in [1.29, 1.82) is 0 Å². The summed E-state index contributed by atoms with van der Waals surface area (Å²) < 4.78 is 66.2. The highest BCUT2D eigenvalue weighted by atomic mass is 19.3. The third-order valence-corrected chi connectivity index (χ3v) is 7.92. The van der Waals surface area contributed by atoms with Gasteiger partial charge in [-0.1, -0.05) is 18.2 Å². The molecule has 1 aliphatic rings. The van der Waals surface area contributed by atoms with Gasteiger partial charge in [-0.15, -0.1) is 0 Å². The van der Waals surface area contributed by atoms with Crippen molar-refractivity contribution in [1.82, 2.24) is 19.7 Å². The first kappa shape index (κ1) is 28.7. The van der Waals surface area contributed by atoms with Crippen LogP contribution in [0.1, 0.15) is 31.1 Å². The molecule has 3 aromatic carbocycles. The summed E-state index contributed by atoms with van der Waals surface area (Å²) in [4.78, 5) is 9.07. The molecule has 0 spiro atoms. The normalized spacial score (nSPS) is 15.3. The predicted molar refractivity (Wildman–Crippen MR) is 163 cm³/mol. The van der Waals surface area contributed by atoms with Gasteiger partial charge in [0.15, 0.2) is 11.6 Å². The first-order chi connectivity index (χ1) is 21.9. The highest BCUT2D eigenvalue weighted by Gasteiger charge is 2.25. The summed E-state index contributed by atoms with van der Waals surface area (Å²) in [6.07, 6.45) is 5.52. The van der Waals surface area contributed by atoms with Crippen molar-refractivity contribution in [2.24, 2.45) is 0 Å². The number of fused-ring (bicyclic) bond motifs is 4. The summed E-state index contributed by atoms with van der Waals surface area (Å²) >= 11 is 0. The second-order valence-electron chi connectivity index (χ2n) is 10.7. The smallest absolute Gasteiger partial charge is 0.387 e. The van der Waals surface area contributed by atoms with Gasteiger partial charge in [-0.05, 0) is 66.8 Å². The van der Waals surface area contributed by atoms with Crippen LogP contribution in [-0.4, -0.2) is 40.1 Å². The Hall–Kier alpha value is -5.10. The number of alkyl halides is 2. The lowest BCUT2D eigenvalue weighted by Gasteiger charge is -2.22. The largest absolute Gasteiger partial charge is 0.497 e. The number of anilines is 1. The zero-order valence-corrected chi connectivity index (χ0v) is 24.2. The van der Waals surface area contributed by atoms with E-state index >= 15 is 4.39 Å². The lowest BCUT2D eigenvalue weighted by atomic mass is 9.95. The molecule has 7 rings (SSSR count). The Morgan fingerprint density at radius 2 is 1.87 bits per heavy atom. The summed E-state index contributed by atoms with van der Waals surface area (Å²) in [5.41, 5.74) is 9.42. The van der Waals surface area contributed by atoms with Gasteiger partial charge < -0.3 is 24.7 Å². The minimum Gasteiger partial charge on any atom is -0.497 e. The molecule has 0 amide bonds. The molecule has 9 nitrogen and oxygen atoms in total. The molecule has 12 heteroatoms. The van der Waals surface area contributed by atoms with Crippen LogP contribution in [0.2, 0.25) is 0 Å². The molecule has 0 saturated carbocycles. The Balaban J connectivity index is 1.46. The second kappa shape index (κ2) is 11.8. The molecular weight excluding hydrogens is 587 g/mol. The lowest BCUT2D eigenvalue weighted by Crippen LogP contribution is -2.18. The Labute approximate surface area is 255 Å². The molecule has 1 fully saturated rings. The second-order valence-corrected chi connectivity index (χ2v) is 10.7. The van der Waals surface area contributed by atoms with E-state index in [1.54, 1.807) is 36.2 Å². The van der Waals surface area contributed by atoms with Crippen LogP contribution >= 0.6 is 0 Å². The number of rotatable bonds is 8. The highest BCUT2D eigenvalue weighted by molar-refractivity contribution is 6.16. The van der Waals surface area contributed by atoms with Crippen molar-refractivity contribution in [3.63, 3.8) is 0 Å². The molecule has 45 heavy (non-hydrogen) atoms. The van der Waals surface area contributed by atoms with Gasteiger partial charge in [-0.3, -0.25) is 4.98 Å². The number of halogens is 3. The topological polar surface area (TPSA) is 107 Å². The maximum Gasteiger partial charge on any atom is 0.387 e. The maximum absolute atomic E-state index is 15.2. The molecule has 1 unspecified atom stereocenters. The van der Waals surface area contributed by atoms with Crippen molar-refractivity contribution < 1.29 is 32.1 Å². The predicted octanol–water partition coefficient (Wildman–Crippen LogP) is 7.41. The molecule has 2 N–H and O–H groups in total. The average molecular weight is 616 g/mol. The minimum absolute atomic E-state index is 0.112. The standard InChI is InChI=1S/C33H28F3N5O4/c1-42-19-9-7-18(8-10-19)17-44-32-28(37)27(22-15-25(45-33(35)36)31-21(29(22)39-32)5-4-13-38-31)20-11-12-24(34)30-23(20)16-41(40-30)26-6-2-3-14-43-26/h4-5,7-13,15-16,26,33H,2-3,6,14,17,37H2,1H3. The molecule has 0 radical (unpaired) electrons. The Morgan fingerprint density at radius 3 is 2.62 bits per heavy atom. The zero-order valence-electron chi connectivity index (χ0n) is 24.2. The van der Waals surface area contributed by atoms with Crippen molar-refractivity contribution in [3.05, 3.63) is 78.4 Å². The van der Waals surface area contributed by atoms with E-state index in [1.165, 1.54) is 18.3 Å². The van der Waals surface area contributed by atoms with Crippen LogP contribution in [0.3, 0.4) is 0 Å². The van der Waals surface area contributed by atoms with E-state index in [0.717, 1.165) is 24.8 Å². The lowest BCUT2D eigenvalue weighted by molar-refractivity contribution is -0.0488. The van der Waals surface area contributed by atoms with E-state index in [-0.39, 0.29) is 41.2 Å². The number of benzene rings is 3. The van der Waals surface area contributed by atoms with Crippen LogP contribution in [0.25, 0.3) is 43.8 Å². The van der Waals surface area contributed by atoms with Crippen LogP contribution in [0.4, 0.5) is 18.9 Å². The number of pyridine rings is 2. The van der Waals surface area contributed by atoms with E-state index in [2.05, 4.69) is 10.1 Å². The van der Waals surface area contributed by atoms with Crippen molar-refractivity contribution in [3.8, 4) is 28.5 Å². The Morgan fingerprint density at radius 1 is 1.02 bits per heavy atom. The first-order valence-electron chi connectivity index (χ1n) is 14.4. The van der Waals surface area contributed by atoms with Gasteiger partial charge >= 0.3 is 6.61 Å². The molecule has 1 aliphatic heterocycles.